The largest absolute Gasteiger partial charge is 0.379 e. The van der Waals surface area contributed by atoms with Crippen molar-refractivity contribution >= 4 is 0 Å². The Kier molecular flexibility index (Phi) is 5.64. The number of rotatable bonds is 7. The fourth-order valence-corrected chi connectivity index (χ4v) is 2.31. The summed E-state index contributed by atoms with van der Waals surface area (Å²) in [6.07, 6.45) is 7.96. The summed E-state index contributed by atoms with van der Waals surface area (Å²) in [5, 5.41) is 7.05. The molecule has 2 rings (SSSR count). The van der Waals surface area contributed by atoms with Crippen LogP contribution in [0.15, 0.2) is 18.7 Å². The normalized spacial score (nSPS) is 21.9. The fourth-order valence-electron chi connectivity index (χ4n) is 2.31. The van der Waals surface area contributed by atoms with E-state index in [0.717, 1.165) is 45.7 Å². The summed E-state index contributed by atoms with van der Waals surface area (Å²) in [4.78, 5) is 4.03. The lowest BCUT2D eigenvalue weighted by atomic mass is 10.1. The summed E-state index contributed by atoms with van der Waals surface area (Å²) in [6, 6.07) is 1.04. The number of aryl methyl sites for hydroxylation is 1. The molecule has 0 spiro atoms. The average molecular weight is 252 g/mol. The molecule has 2 N–H and O–H groups in total. The van der Waals surface area contributed by atoms with Gasteiger partial charge in [-0.15, -0.1) is 0 Å². The first-order chi connectivity index (χ1) is 8.84. The van der Waals surface area contributed by atoms with Gasteiger partial charge in [0.15, 0.2) is 0 Å². The summed E-state index contributed by atoms with van der Waals surface area (Å²) in [5.74, 6) is 0. The molecule has 0 saturated carbocycles. The molecule has 0 bridgehead atoms. The minimum Gasteiger partial charge on any atom is -0.379 e. The molecule has 1 aliphatic rings. The van der Waals surface area contributed by atoms with Crippen LogP contribution >= 0.6 is 0 Å². The van der Waals surface area contributed by atoms with E-state index in [2.05, 4.69) is 27.1 Å². The standard InChI is InChI=1S/C13H24N4O/c1-12(9-13-10-18-8-5-16-13)15-3-2-6-17-7-4-14-11-17/h4,7,11-13,15-16H,2-3,5-6,8-10H2,1H3. The number of nitrogens with one attached hydrogen (secondary N) is 2. The van der Waals surface area contributed by atoms with E-state index >= 15 is 0 Å². The zero-order chi connectivity index (χ0) is 12.6. The van der Waals surface area contributed by atoms with Crippen molar-refractivity contribution in [2.24, 2.45) is 0 Å². The first kappa shape index (κ1) is 13.5. The van der Waals surface area contributed by atoms with Crippen molar-refractivity contribution in [3.05, 3.63) is 18.7 Å². The third-order valence-corrected chi connectivity index (χ3v) is 3.28. The Morgan fingerprint density at radius 1 is 1.61 bits per heavy atom. The van der Waals surface area contributed by atoms with Gasteiger partial charge in [-0.2, -0.15) is 0 Å². The zero-order valence-corrected chi connectivity index (χ0v) is 11.1. The van der Waals surface area contributed by atoms with Gasteiger partial charge in [-0.05, 0) is 26.3 Å². The average Bonchev–Trinajstić information content (AvgIpc) is 2.89. The molecular weight excluding hydrogens is 228 g/mol. The molecule has 0 amide bonds. The second-order valence-electron chi connectivity index (χ2n) is 4.97. The molecule has 1 aliphatic heterocycles. The highest BCUT2D eigenvalue weighted by atomic mass is 16.5. The number of ether oxygens (including phenoxy) is 1. The Balaban J connectivity index is 1.52. The van der Waals surface area contributed by atoms with Crippen molar-refractivity contribution in [1.29, 1.82) is 0 Å². The third-order valence-electron chi connectivity index (χ3n) is 3.28. The monoisotopic (exact) mass is 252 g/mol. The lowest BCUT2D eigenvalue weighted by Gasteiger charge is -2.26. The van der Waals surface area contributed by atoms with Gasteiger partial charge in [0.1, 0.15) is 0 Å². The van der Waals surface area contributed by atoms with Crippen LogP contribution < -0.4 is 10.6 Å². The van der Waals surface area contributed by atoms with Crippen molar-refractivity contribution < 1.29 is 4.74 Å². The SMILES string of the molecule is CC(CC1COCCN1)NCCCn1ccnc1. The van der Waals surface area contributed by atoms with Crippen molar-refractivity contribution in [1.82, 2.24) is 20.2 Å². The maximum absolute atomic E-state index is 5.46. The number of nitrogens with zero attached hydrogens (tertiary/aromatic N) is 2. The van der Waals surface area contributed by atoms with Crippen LogP contribution in [-0.2, 0) is 11.3 Å². The number of hydrogen-bond acceptors (Lipinski definition) is 4. The number of imidazole rings is 1. The highest BCUT2D eigenvalue weighted by molar-refractivity contribution is 4.76. The summed E-state index contributed by atoms with van der Waals surface area (Å²) in [5.41, 5.74) is 0. The lowest BCUT2D eigenvalue weighted by molar-refractivity contribution is 0.0712. The number of morpholine rings is 1. The van der Waals surface area contributed by atoms with E-state index in [1.54, 1.807) is 0 Å². The fraction of sp³-hybridized carbons (Fsp3) is 0.769. The van der Waals surface area contributed by atoms with Crippen LogP contribution in [0.2, 0.25) is 0 Å². The van der Waals surface area contributed by atoms with Gasteiger partial charge in [-0.25, -0.2) is 4.98 Å². The van der Waals surface area contributed by atoms with Gasteiger partial charge in [-0.1, -0.05) is 0 Å². The Morgan fingerprint density at radius 3 is 3.28 bits per heavy atom. The van der Waals surface area contributed by atoms with Crippen LogP contribution in [-0.4, -0.2) is 47.9 Å². The Labute approximate surface area is 109 Å². The number of hydrogen-bond donors (Lipinski definition) is 2. The van der Waals surface area contributed by atoms with E-state index in [1.165, 1.54) is 0 Å². The van der Waals surface area contributed by atoms with Crippen LogP contribution in [0, 0.1) is 0 Å². The molecule has 2 atom stereocenters. The van der Waals surface area contributed by atoms with E-state index in [-0.39, 0.29) is 0 Å². The Morgan fingerprint density at radius 2 is 2.56 bits per heavy atom. The van der Waals surface area contributed by atoms with Crippen molar-refractivity contribution in [2.75, 3.05) is 26.3 Å². The van der Waals surface area contributed by atoms with Gasteiger partial charge >= 0.3 is 0 Å². The van der Waals surface area contributed by atoms with Gasteiger partial charge in [0.25, 0.3) is 0 Å². The molecule has 102 valence electrons. The quantitative estimate of drug-likeness (QED) is 0.699. The van der Waals surface area contributed by atoms with Gasteiger partial charge in [0.05, 0.1) is 19.5 Å². The molecule has 1 aromatic rings. The van der Waals surface area contributed by atoms with Gasteiger partial charge in [-0.3, -0.25) is 0 Å². The van der Waals surface area contributed by atoms with E-state index in [4.69, 9.17) is 4.74 Å². The molecule has 5 nitrogen and oxygen atoms in total. The Hall–Kier alpha value is -0.910. The molecule has 0 radical (unpaired) electrons. The second-order valence-corrected chi connectivity index (χ2v) is 4.97. The molecule has 0 aliphatic carbocycles. The highest BCUT2D eigenvalue weighted by Crippen LogP contribution is 2.02. The minimum absolute atomic E-state index is 0.509. The minimum atomic E-state index is 0.509. The van der Waals surface area contributed by atoms with Crippen LogP contribution in [0.3, 0.4) is 0 Å². The molecule has 5 heteroatoms. The van der Waals surface area contributed by atoms with Gasteiger partial charge in [0.2, 0.25) is 0 Å². The summed E-state index contributed by atoms with van der Waals surface area (Å²) >= 11 is 0. The summed E-state index contributed by atoms with van der Waals surface area (Å²) < 4.78 is 7.57. The van der Waals surface area contributed by atoms with Crippen LogP contribution in [0.5, 0.6) is 0 Å². The predicted octanol–water partition coefficient (Wildman–Crippen LogP) is 0.630. The predicted molar refractivity (Wildman–Crippen MR) is 71.5 cm³/mol. The highest BCUT2D eigenvalue weighted by Gasteiger charge is 2.15. The first-order valence-electron chi connectivity index (χ1n) is 6.85. The molecule has 1 saturated heterocycles. The lowest BCUT2D eigenvalue weighted by Crippen LogP contribution is -2.45. The van der Waals surface area contributed by atoms with E-state index in [0.29, 0.717) is 12.1 Å². The maximum Gasteiger partial charge on any atom is 0.0945 e. The molecule has 1 fully saturated rings. The second kappa shape index (κ2) is 7.51. The maximum atomic E-state index is 5.46. The first-order valence-corrected chi connectivity index (χ1v) is 6.85. The van der Waals surface area contributed by atoms with E-state index < -0.39 is 0 Å². The van der Waals surface area contributed by atoms with Crippen LogP contribution in [0.25, 0.3) is 0 Å². The smallest absolute Gasteiger partial charge is 0.0945 e. The van der Waals surface area contributed by atoms with Crippen LogP contribution in [0.4, 0.5) is 0 Å². The molecule has 0 aromatic carbocycles. The summed E-state index contributed by atoms with van der Waals surface area (Å²) in [6.45, 7) is 7.01. The molecule has 18 heavy (non-hydrogen) atoms. The molecule has 2 unspecified atom stereocenters. The summed E-state index contributed by atoms with van der Waals surface area (Å²) in [7, 11) is 0. The Bertz CT molecular complexity index is 309. The van der Waals surface area contributed by atoms with E-state index in [9.17, 15) is 0 Å². The third kappa shape index (κ3) is 4.76. The van der Waals surface area contributed by atoms with Crippen molar-refractivity contribution in [3.63, 3.8) is 0 Å². The van der Waals surface area contributed by atoms with E-state index in [1.807, 2.05) is 18.7 Å². The van der Waals surface area contributed by atoms with Crippen molar-refractivity contribution in [2.45, 2.75) is 38.4 Å². The molecule has 1 aromatic heterocycles. The van der Waals surface area contributed by atoms with Crippen molar-refractivity contribution in [3.8, 4) is 0 Å². The van der Waals surface area contributed by atoms with Gasteiger partial charge in [0, 0.05) is 37.6 Å². The molecular formula is C13H24N4O. The number of aromatic nitrogens is 2. The zero-order valence-electron chi connectivity index (χ0n) is 11.1. The topological polar surface area (TPSA) is 51.1 Å². The van der Waals surface area contributed by atoms with Gasteiger partial charge < -0.3 is 19.9 Å². The van der Waals surface area contributed by atoms with Crippen LogP contribution in [0.1, 0.15) is 19.8 Å². The molecule has 2 heterocycles.